The molecule has 1 amide bonds. The molecule has 20 heavy (non-hydrogen) atoms. The molecular formula is C16H18N2O2. The Bertz CT molecular complexity index is 543. The molecule has 1 unspecified atom stereocenters. The Morgan fingerprint density at radius 2 is 1.50 bits per heavy atom. The standard InChI is InChI=1S/C16H18N2O2/c17-15(13-9-5-2-6-10-13)16(20)18-11-14(19)12-7-3-1-4-8-12/h1-10,14-15,19H,11,17H2,(H,18,20)/t14?,15-/m1/s1. The number of rotatable bonds is 5. The third-order valence-electron chi connectivity index (χ3n) is 3.10. The van der Waals surface area contributed by atoms with Gasteiger partial charge in [-0.1, -0.05) is 60.7 Å². The van der Waals surface area contributed by atoms with E-state index in [-0.39, 0.29) is 12.5 Å². The molecule has 2 aromatic rings. The maximum Gasteiger partial charge on any atom is 0.241 e. The lowest BCUT2D eigenvalue weighted by Crippen LogP contribution is -2.36. The first-order chi connectivity index (χ1) is 9.68. The van der Waals surface area contributed by atoms with Crippen LogP contribution in [0.1, 0.15) is 23.3 Å². The molecule has 0 saturated heterocycles. The predicted octanol–water partition coefficient (Wildman–Crippen LogP) is 1.54. The molecule has 0 aliphatic rings. The second kappa shape index (κ2) is 6.84. The summed E-state index contributed by atoms with van der Waals surface area (Å²) in [6.45, 7) is 0.142. The highest BCUT2D eigenvalue weighted by Crippen LogP contribution is 2.12. The molecule has 2 aromatic carbocycles. The van der Waals surface area contributed by atoms with E-state index in [9.17, 15) is 9.90 Å². The summed E-state index contributed by atoms with van der Waals surface area (Å²) in [5.41, 5.74) is 7.38. The third kappa shape index (κ3) is 3.66. The molecule has 4 nitrogen and oxygen atoms in total. The Hall–Kier alpha value is -2.17. The summed E-state index contributed by atoms with van der Waals surface area (Å²) >= 11 is 0. The van der Waals surface area contributed by atoms with Crippen LogP contribution in [0, 0.1) is 0 Å². The quantitative estimate of drug-likeness (QED) is 0.771. The van der Waals surface area contributed by atoms with Crippen molar-refractivity contribution in [1.29, 1.82) is 0 Å². The van der Waals surface area contributed by atoms with E-state index < -0.39 is 12.1 Å². The molecule has 4 heteroatoms. The Kier molecular flexibility index (Phi) is 4.87. The molecule has 0 aliphatic carbocycles. The van der Waals surface area contributed by atoms with Gasteiger partial charge in [0.05, 0.1) is 6.10 Å². The molecular weight excluding hydrogens is 252 g/mol. The van der Waals surface area contributed by atoms with Crippen LogP contribution in [0.25, 0.3) is 0 Å². The number of nitrogens with two attached hydrogens (primary N) is 1. The second-order valence-corrected chi connectivity index (χ2v) is 4.56. The van der Waals surface area contributed by atoms with Gasteiger partial charge in [0.2, 0.25) is 5.91 Å². The van der Waals surface area contributed by atoms with Crippen molar-refractivity contribution in [3.63, 3.8) is 0 Å². The molecule has 0 bridgehead atoms. The van der Waals surface area contributed by atoms with Crippen LogP contribution in [0.4, 0.5) is 0 Å². The lowest BCUT2D eigenvalue weighted by atomic mass is 10.1. The smallest absolute Gasteiger partial charge is 0.241 e. The molecule has 0 aromatic heterocycles. The Labute approximate surface area is 118 Å². The number of hydrogen-bond donors (Lipinski definition) is 3. The van der Waals surface area contributed by atoms with Gasteiger partial charge < -0.3 is 16.2 Å². The number of carbonyl (C=O) groups excluding carboxylic acids is 1. The zero-order valence-electron chi connectivity index (χ0n) is 11.1. The maximum atomic E-state index is 11.9. The van der Waals surface area contributed by atoms with Crippen molar-refractivity contribution in [1.82, 2.24) is 5.32 Å². The van der Waals surface area contributed by atoms with Crippen LogP contribution in [0.5, 0.6) is 0 Å². The van der Waals surface area contributed by atoms with Crippen LogP contribution in [0.15, 0.2) is 60.7 Å². The molecule has 0 radical (unpaired) electrons. The number of aliphatic hydroxyl groups excluding tert-OH is 1. The highest BCUT2D eigenvalue weighted by Gasteiger charge is 2.16. The summed E-state index contributed by atoms with van der Waals surface area (Å²) in [7, 11) is 0. The zero-order chi connectivity index (χ0) is 14.4. The van der Waals surface area contributed by atoms with E-state index in [0.717, 1.165) is 11.1 Å². The van der Waals surface area contributed by atoms with E-state index in [2.05, 4.69) is 5.32 Å². The first-order valence-electron chi connectivity index (χ1n) is 6.49. The average Bonchev–Trinajstić information content (AvgIpc) is 2.53. The summed E-state index contributed by atoms with van der Waals surface area (Å²) in [5, 5.41) is 12.6. The van der Waals surface area contributed by atoms with Crippen LogP contribution in [0.3, 0.4) is 0 Å². The highest BCUT2D eigenvalue weighted by atomic mass is 16.3. The van der Waals surface area contributed by atoms with Gasteiger partial charge in [0, 0.05) is 6.54 Å². The first-order valence-corrected chi connectivity index (χ1v) is 6.49. The van der Waals surface area contributed by atoms with Crippen molar-refractivity contribution in [3.05, 3.63) is 71.8 Å². The lowest BCUT2D eigenvalue weighted by molar-refractivity contribution is -0.122. The molecule has 0 heterocycles. The van der Waals surface area contributed by atoms with Crippen LogP contribution in [0.2, 0.25) is 0 Å². The van der Waals surface area contributed by atoms with Crippen molar-refractivity contribution in [3.8, 4) is 0 Å². The van der Waals surface area contributed by atoms with E-state index in [1.165, 1.54) is 0 Å². The van der Waals surface area contributed by atoms with Gasteiger partial charge >= 0.3 is 0 Å². The van der Waals surface area contributed by atoms with Crippen molar-refractivity contribution in [2.24, 2.45) is 5.73 Å². The van der Waals surface area contributed by atoms with Crippen LogP contribution < -0.4 is 11.1 Å². The summed E-state index contributed by atoms with van der Waals surface area (Å²) < 4.78 is 0. The molecule has 0 aliphatic heterocycles. The number of nitrogens with one attached hydrogen (secondary N) is 1. The van der Waals surface area contributed by atoms with E-state index in [4.69, 9.17) is 5.73 Å². The van der Waals surface area contributed by atoms with Gasteiger partial charge in [0.15, 0.2) is 0 Å². The molecule has 2 rings (SSSR count). The van der Waals surface area contributed by atoms with Gasteiger partial charge in [-0.05, 0) is 11.1 Å². The second-order valence-electron chi connectivity index (χ2n) is 4.56. The summed E-state index contributed by atoms with van der Waals surface area (Å²) in [4.78, 5) is 11.9. The molecule has 0 spiro atoms. The fourth-order valence-electron chi connectivity index (χ4n) is 1.91. The fourth-order valence-corrected chi connectivity index (χ4v) is 1.91. The Balaban J connectivity index is 1.89. The SMILES string of the molecule is N[C@@H](C(=O)NCC(O)c1ccccc1)c1ccccc1. The van der Waals surface area contributed by atoms with E-state index >= 15 is 0 Å². The highest BCUT2D eigenvalue weighted by molar-refractivity contribution is 5.82. The molecule has 2 atom stereocenters. The van der Waals surface area contributed by atoms with Gasteiger partial charge in [-0.15, -0.1) is 0 Å². The minimum absolute atomic E-state index is 0.142. The topological polar surface area (TPSA) is 75.4 Å². The van der Waals surface area contributed by atoms with Gasteiger partial charge in [-0.25, -0.2) is 0 Å². The number of hydrogen-bond acceptors (Lipinski definition) is 3. The molecule has 0 fully saturated rings. The minimum Gasteiger partial charge on any atom is -0.387 e. The lowest BCUT2D eigenvalue weighted by Gasteiger charge is -2.15. The van der Waals surface area contributed by atoms with Gasteiger partial charge in [-0.2, -0.15) is 0 Å². The van der Waals surface area contributed by atoms with E-state index in [1.807, 2.05) is 48.5 Å². The van der Waals surface area contributed by atoms with Crippen molar-refractivity contribution >= 4 is 5.91 Å². The van der Waals surface area contributed by atoms with Crippen LogP contribution in [-0.4, -0.2) is 17.6 Å². The van der Waals surface area contributed by atoms with Crippen LogP contribution >= 0.6 is 0 Å². The minimum atomic E-state index is -0.733. The Morgan fingerprint density at radius 1 is 1.00 bits per heavy atom. The van der Waals surface area contributed by atoms with Crippen molar-refractivity contribution in [2.75, 3.05) is 6.54 Å². The van der Waals surface area contributed by atoms with Crippen molar-refractivity contribution < 1.29 is 9.90 Å². The normalized spacial score (nSPS) is 13.5. The molecule has 0 saturated carbocycles. The number of carbonyl (C=O) groups is 1. The maximum absolute atomic E-state index is 11.9. The monoisotopic (exact) mass is 270 g/mol. The number of benzene rings is 2. The summed E-state index contributed by atoms with van der Waals surface area (Å²) in [5.74, 6) is -0.300. The van der Waals surface area contributed by atoms with E-state index in [0.29, 0.717) is 0 Å². The number of aliphatic hydroxyl groups is 1. The third-order valence-corrected chi connectivity index (χ3v) is 3.10. The predicted molar refractivity (Wildman–Crippen MR) is 77.8 cm³/mol. The van der Waals surface area contributed by atoms with Gasteiger partial charge in [0.1, 0.15) is 6.04 Å². The summed E-state index contributed by atoms with van der Waals surface area (Å²) in [6.07, 6.45) is -0.733. The Morgan fingerprint density at radius 3 is 2.05 bits per heavy atom. The molecule has 4 N–H and O–H groups in total. The molecule has 104 valence electrons. The number of amides is 1. The van der Waals surface area contributed by atoms with Gasteiger partial charge in [-0.3, -0.25) is 4.79 Å². The zero-order valence-corrected chi connectivity index (χ0v) is 11.1. The van der Waals surface area contributed by atoms with Gasteiger partial charge in [0.25, 0.3) is 0 Å². The first kappa shape index (κ1) is 14.2. The summed E-state index contributed by atoms with van der Waals surface area (Å²) in [6, 6.07) is 17.6. The largest absolute Gasteiger partial charge is 0.387 e. The van der Waals surface area contributed by atoms with Crippen molar-refractivity contribution in [2.45, 2.75) is 12.1 Å². The van der Waals surface area contributed by atoms with Crippen LogP contribution in [-0.2, 0) is 4.79 Å². The van der Waals surface area contributed by atoms with E-state index in [1.54, 1.807) is 12.1 Å². The average molecular weight is 270 g/mol. The fraction of sp³-hybridized carbons (Fsp3) is 0.188.